The second-order valence-electron chi connectivity index (χ2n) is 5.78. The van der Waals surface area contributed by atoms with Crippen LogP contribution in [0, 0.1) is 0 Å². The monoisotopic (exact) mass is 397 g/mol. The standard InChI is InChI=1S/C20H19N3O4S/c1-2-27-18-7-3-17(4-8-18)23-28(25,26)19-9-5-16(6-10-19)22-20(24)15-11-13-21-14-12-15/h3-14,23H,2H2,1H3,(H,22,24). The van der Waals surface area contributed by atoms with Gasteiger partial charge in [-0.15, -0.1) is 0 Å². The quantitative estimate of drug-likeness (QED) is 0.636. The van der Waals surface area contributed by atoms with E-state index in [0.29, 0.717) is 29.3 Å². The first-order chi connectivity index (χ1) is 13.5. The van der Waals surface area contributed by atoms with E-state index in [1.54, 1.807) is 36.4 Å². The normalized spacial score (nSPS) is 10.9. The lowest BCUT2D eigenvalue weighted by molar-refractivity contribution is 0.102. The highest BCUT2D eigenvalue weighted by Gasteiger charge is 2.14. The molecule has 3 aromatic rings. The van der Waals surface area contributed by atoms with Gasteiger partial charge in [-0.25, -0.2) is 8.42 Å². The Hall–Kier alpha value is -3.39. The highest BCUT2D eigenvalue weighted by atomic mass is 32.2. The summed E-state index contributed by atoms with van der Waals surface area (Å²) in [5, 5.41) is 2.71. The molecule has 144 valence electrons. The number of anilines is 2. The minimum Gasteiger partial charge on any atom is -0.494 e. The lowest BCUT2D eigenvalue weighted by Gasteiger charge is -2.10. The van der Waals surface area contributed by atoms with Crippen molar-refractivity contribution in [3.05, 3.63) is 78.6 Å². The van der Waals surface area contributed by atoms with E-state index in [2.05, 4.69) is 15.0 Å². The fraction of sp³-hybridized carbons (Fsp3) is 0.100. The maximum absolute atomic E-state index is 12.5. The van der Waals surface area contributed by atoms with Crippen LogP contribution in [0.1, 0.15) is 17.3 Å². The topological polar surface area (TPSA) is 97.4 Å². The molecule has 0 aliphatic rings. The van der Waals surface area contributed by atoms with Crippen LogP contribution in [0.2, 0.25) is 0 Å². The molecule has 3 rings (SSSR count). The zero-order chi connectivity index (χ0) is 20.0. The third kappa shape index (κ3) is 4.86. The molecule has 0 bridgehead atoms. The van der Waals surface area contributed by atoms with Crippen LogP contribution in [0.5, 0.6) is 5.75 Å². The van der Waals surface area contributed by atoms with Crippen molar-refractivity contribution in [3.63, 3.8) is 0 Å². The van der Waals surface area contributed by atoms with Gasteiger partial charge in [0.2, 0.25) is 0 Å². The molecule has 8 heteroatoms. The van der Waals surface area contributed by atoms with Crippen molar-refractivity contribution < 1.29 is 17.9 Å². The molecule has 0 atom stereocenters. The minimum absolute atomic E-state index is 0.0864. The smallest absolute Gasteiger partial charge is 0.261 e. The molecule has 2 N–H and O–H groups in total. The lowest BCUT2D eigenvalue weighted by Crippen LogP contribution is -2.14. The van der Waals surface area contributed by atoms with E-state index >= 15 is 0 Å². The summed E-state index contributed by atoms with van der Waals surface area (Å²) in [6, 6.07) is 15.8. The zero-order valence-electron chi connectivity index (χ0n) is 15.1. The van der Waals surface area contributed by atoms with Gasteiger partial charge in [-0.1, -0.05) is 0 Å². The summed E-state index contributed by atoms with van der Waals surface area (Å²) in [5.74, 6) is 0.366. The van der Waals surface area contributed by atoms with Crippen molar-refractivity contribution in [1.82, 2.24) is 4.98 Å². The van der Waals surface area contributed by atoms with Crippen LogP contribution in [0.4, 0.5) is 11.4 Å². The number of hydrogen-bond acceptors (Lipinski definition) is 5. The number of ether oxygens (including phenoxy) is 1. The highest BCUT2D eigenvalue weighted by Crippen LogP contribution is 2.21. The number of pyridine rings is 1. The third-order valence-electron chi connectivity index (χ3n) is 3.78. The summed E-state index contributed by atoms with van der Waals surface area (Å²) in [6.45, 7) is 2.41. The second kappa shape index (κ2) is 8.53. The van der Waals surface area contributed by atoms with Gasteiger partial charge in [0, 0.05) is 29.3 Å². The predicted molar refractivity (Wildman–Crippen MR) is 107 cm³/mol. The summed E-state index contributed by atoms with van der Waals surface area (Å²) < 4.78 is 32.9. The van der Waals surface area contributed by atoms with Crippen molar-refractivity contribution in [2.75, 3.05) is 16.6 Å². The summed E-state index contributed by atoms with van der Waals surface area (Å²) >= 11 is 0. The Morgan fingerprint density at radius 1 is 0.929 bits per heavy atom. The Morgan fingerprint density at radius 3 is 2.14 bits per heavy atom. The van der Waals surface area contributed by atoms with Crippen molar-refractivity contribution in [2.45, 2.75) is 11.8 Å². The average Bonchev–Trinajstić information content (AvgIpc) is 2.70. The molecule has 0 aliphatic heterocycles. The highest BCUT2D eigenvalue weighted by molar-refractivity contribution is 7.92. The molecule has 0 aliphatic carbocycles. The fourth-order valence-electron chi connectivity index (χ4n) is 2.42. The van der Waals surface area contributed by atoms with Crippen LogP contribution < -0.4 is 14.8 Å². The number of rotatable bonds is 7. The number of nitrogens with zero attached hydrogens (tertiary/aromatic N) is 1. The number of sulfonamides is 1. The van der Waals surface area contributed by atoms with Crippen molar-refractivity contribution in [3.8, 4) is 5.75 Å². The fourth-order valence-corrected chi connectivity index (χ4v) is 3.48. The van der Waals surface area contributed by atoms with E-state index in [-0.39, 0.29) is 10.8 Å². The number of aromatic nitrogens is 1. The number of hydrogen-bond donors (Lipinski definition) is 2. The van der Waals surface area contributed by atoms with Crippen molar-refractivity contribution in [1.29, 1.82) is 0 Å². The molecule has 2 aromatic carbocycles. The van der Waals surface area contributed by atoms with Crippen LogP contribution in [0.15, 0.2) is 78.0 Å². The number of amides is 1. The molecule has 1 aromatic heterocycles. The molecule has 0 saturated carbocycles. The van der Waals surface area contributed by atoms with Gasteiger partial charge in [0.25, 0.3) is 15.9 Å². The van der Waals surface area contributed by atoms with Gasteiger partial charge in [-0.3, -0.25) is 14.5 Å². The number of benzene rings is 2. The molecule has 0 spiro atoms. The Morgan fingerprint density at radius 2 is 1.54 bits per heavy atom. The molecule has 0 unspecified atom stereocenters. The van der Waals surface area contributed by atoms with Crippen molar-refractivity contribution >= 4 is 27.3 Å². The van der Waals surface area contributed by atoms with E-state index in [1.165, 1.54) is 36.7 Å². The summed E-state index contributed by atoms with van der Waals surface area (Å²) in [4.78, 5) is 16.1. The Bertz CT molecular complexity index is 1040. The Kier molecular flexibility index (Phi) is 5.90. The molecule has 1 amide bonds. The van der Waals surface area contributed by atoms with Gasteiger partial charge in [0.05, 0.1) is 11.5 Å². The van der Waals surface area contributed by atoms with Crippen molar-refractivity contribution in [2.24, 2.45) is 0 Å². The van der Waals surface area contributed by atoms with Crippen LogP contribution >= 0.6 is 0 Å². The predicted octanol–water partition coefficient (Wildman–Crippen LogP) is 3.53. The van der Waals surface area contributed by atoms with Crippen LogP contribution in [0.25, 0.3) is 0 Å². The summed E-state index contributed by atoms with van der Waals surface area (Å²) in [6.07, 6.45) is 3.05. The number of carbonyl (C=O) groups excluding carboxylic acids is 1. The second-order valence-corrected chi connectivity index (χ2v) is 7.46. The Labute approximate surface area is 163 Å². The van der Waals surface area contributed by atoms with Gasteiger partial charge in [0.15, 0.2) is 0 Å². The number of carbonyl (C=O) groups is 1. The molecule has 7 nitrogen and oxygen atoms in total. The summed E-state index contributed by atoms with van der Waals surface area (Å²) in [5.41, 5.74) is 1.38. The largest absolute Gasteiger partial charge is 0.494 e. The maximum Gasteiger partial charge on any atom is 0.261 e. The first-order valence-corrected chi connectivity index (χ1v) is 10.0. The molecule has 0 radical (unpaired) electrons. The van der Waals surface area contributed by atoms with Gasteiger partial charge in [-0.2, -0.15) is 0 Å². The van der Waals surface area contributed by atoms with Crippen LogP contribution in [0.3, 0.4) is 0 Å². The van der Waals surface area contributed by atoms with E-state index in [9.17, 15) is 13.2 Å². The molecule has 28 heavy (non-hydrogen) atoms. The first kappa shape index (κ1) is 19.4. The van der Waals surface area contributed by atoms with Gasteiger partial charge >= 0.3 is 0 Å². The molecule has 0 saturated heterocycles. The third-order valence-corrected chi connectivity index (χ3v) is 5.18. The molecule has 1 heterocycles. The van der Waals surface area contributed by atoms with Gasteiger partial charge in [0.1, 0.15) is 5.75 Å². The molecular formula is C20H19N3O4S. The maximum atomic E-state index is 12.5. The van der Waals surface area contributed by atoms with Crippen LogP contribution in [-0.4, -0.2) is 25.9 Å². The molecule has 0 fully saturated rings. The van der Waals surface area contributed by atoms with E-state index < -0.39 is 10.0 Å². The summed E-state index contributed by atoms with van der Waals surface area (Å²) in [7, 11) is -3.75. The SMILES string of the molecule is CCOc1ccc(NS(=O)(=O)c2ccc(NC(=O)c3ccncc3)cc2)cc1. The average molecular weight is 397 g/mol. The van der Waals surface area contributed by atoms with Gasteiger partial charge < -0.3 is 10.1 Å². The van der Waals surface area contributed by atoms with Gasteiger partial charge in [-0.05, 0) is 67.6 Å². The molecular weight excluding hydrogens is 378 g/mol. The Balaban J connectivity index is 1.68. The zero-order valence-corrected chi connectivity index (χ0v) is 15.9. The minimum atomic E-state index is -3.75. The van der Waals surface area contributed by atoms with Crippen LogP contribution in [-0.2, 0) is 10.0 Å². The van der Waals surface area contributed by atoms with E-state index in [1.807, 2.05) is 6.92 Å². The van der Waals surface area contributed by atoms with E-state index in [4.69, 9.17) is 4.74 Å². The number of nitrogens with one attached hydrogen (secondary N) is 2. The lowest BCUT2D eigenvalue weighted by atomic mass is 10.2. The first-order valence-electron chi connectivity index (χ1n) is 8.55. The van der Waals surface area contributed by atoms with E-state index in [0.717, 1.165) is 0 Å².